The van der Waals surface area contributed by atoms with E-state index in [9.17, 15) is 76.4 Å². The number of hydrogen-bond acceptors (Lipinski definition) is 30. The zero-order valence-corrected chi connectivity index (χ0v) is 73.9. The number of phosphoric ester groups is 2. The first-order valence-electron chi connectivity index (χ1n) is 37.9. The number of hydrogen-bond donors (Lipinski definition) is 12. The van der Waals surface area contributed by atoms with E-state index in [0.717, 1.165) is 22.1 Å². The van der Waals surface area contributed by atoms with Crippen molar-refractivity contribution in [1.82, 2.24) is 48.9 Å². The molecule has 2 fully saturated rings. The summed E-state index contributed by atoms with van der Waals surface area (Å²) in [7, 11) is -18.1. The average molecular weight is 1880 g/mol. The van der Waals surface area contributed by atoms with E-state index in [1.807, 2.05) is 148 Å². The third-order valence-corrected chi connectivity index (χ3v) is 27.5. The molecule has 8 heterocycles. The Morgan fingerprint density at radius 3 is 1.31 bits per heavy atom. The van der Waals surface area contributed by atoms with E-state index in [-0.39, 0.29) is 65.4 Å². The number of benzene rings is 6. The summed E-state index contributed by atoms with van der Waals surface area (Å²) in [5.41, 5.74) is 19.3. The van der Waals surface area contributed by atoms with Crippen LogP contribution in [-0.4, -0.2) is 187 Å². The molecule has 2 amide bonds. The first kappa shape index (κ1) is 94.1. The summed E-state index contributed by atoms with van der Waals surface area (Å²) in [6.45, 7) is -1.61. The molecule has 44 nitrogen and oxygen atoms in total. The van der Waals surface area contributed by atoms with Crippen LogP contribution in [0.25, 0.3) is 88.9 Å². The van der Waals surface area contributed by atoms with Gasteiger partial charge in [-0.15, -0.1) is 0 Å². The number of nitrogens with zero attached hydrogens (tertiary/aromatic N) is 10. The van der Waals surface area contributed by atoms with Gasteiger partial charge in [0.1, 0.15) is 98.9 Å². The smallest absolute Gasteiger partial charge is 0.490 e. The number of aromatic carboxylic acids is 2. The molecular formula is C78H80N14O30P6. The summed E-state index contributed by atoms with van der Waals surface area (Å²) in [4.78, 5) is 146. The number of amides is 2. The largest absolute Gasteiger partial charge is 0.545 e. The Morgan fingerprint density at radius 1 is 0.500 bits per heavy atom. The Labute approximate surface area is 724 Å². The molecule has 14 rings (SSSR count). The molecule has 6 aliphatic rings. The van der Waals surface area contributed by atoms with E-state index in [1.165, 1.54) is 43.0 Å². The zero-order chi connectivity index (χ0) is 92.6. The number of carbonyl (C=O) groups is 4. The second-order valence-electron chi connectivity index (χ2n) is 29.5. The fraction of sp³-hybridized carbons (Fsp3) is 0.256. The SMILES string of the molecule is CN(C)c1ccc2c(-c3cc(C(=O)NCC#Cc4cn([C@H]5CC[C@@H](COP(=O)(O)OP(=O)(O)OP(=O)(O)O)O5)c5ncnc(N)c45)ccc3C(=O)[O-])c3ccc(=[N+](C)C)cc-3oc2c1.CN(C)c1ccc2c(-c3ccc(C(=O)NCC#Cc4cn([C@H]5CC[C@@H](COP(=O)(O)OP(=O)(O)OP(=O)(O)O)O5)c5ncnc(N)c45)cc3C(=O)[O-])c3ccc(=[N+](C)C)cc-3oc2c1. The number of carboxylic acid groups (broad SMARTS) is 2. The van der Waals surface area contributed by atoms with E-state index in [2.05, 4.69) is 71.5 Å². The molecule has 8 aromatic rings. The lowest BCUT2D eigenvalue weighted by atomic mass is 9.89. The van der Waals surface area contributed by atoms with Crippen molar-refractivity contribution in [3.8, 4) is 68.6 Å². The fourth-order valence-electron chi connectivity index (χ4n) is 14.1. The number of rotatable bonds is 26. The number of anilines is 4. The molecule has 128 heavy (non-hydrogen) atoms. The predicted octanol–water partition coefficient (Wildman–Crippen LogP) is 5.59. The Morgan fingerprint density at radius 2 is 0.906 bits per heavy atom. The predicted molar refractivity (Wildman–Crippen MR) is 456 cm³/mol. The molecule has 4 unspecified atom stereocenters. The third-order valence-electron chi connectivity index (χ3n) is 19.9. The second kappa shape index (κ2) is 37.6. The minimum absolute atomic E-state index is 0.0406. The van der Waals surface area contributed by atoms with Gasteiger partial charge in [0.2, 0.25) is 10.7 Å². The molecule has 4 aromatic carbocycles. The van der Waals surface area contributed by atoms with Crippen LogP contribution < -0.4 is 62.0 Å². The molecule has 14 N–H and O–H groups in total. The molecule has 2 saturated heterocycles. The van der Waals surface area contributed by atoms with Gasteiger partial charge in [0.25, 0.3) is 11.8 Å². The number of nitrogens with two attached hydrogens (primary N) is 2. The maximum Gasteiger partial charge on any atom is 0.490 e. The van der Waals surface area contributed by atoms with Crippen LogP contribution in [0, 0.1) is 23.7 Å². The Hall–Kier alpha value is -11.6. The Balaban J connectivity index is 0.000000219. The molecule has 4 aliphatic heterocycles. The molecule has 8 atom stereocenters. The highest BCUT2D eigenvalue weighted by Gasteiger charge is 2.44. The molecule has 50 heteroatoms. The number of ether oxygens (including phenoxy) is 2. The summed E-state index contributed by atoms with van der Waals surface area (Å²) in [5.74, 6) is 8.76. The van der Waals surface area contributed by atoms with Gasteiger partial charge in [-0.3, -0.25) is 18.6 Å². The van der Waals surface area contributed by atoms with Gasteiger partial charge in [0.05, 0.1) is 84.5 Å². The number of fused-ring (bicyclic) bond motifs is 6. The van der Waals surface area contributed by atoms with Crippen molar-refractivity contribution in [3.05, 3.63) is 178 Å². The molecule has 0 bridgehead atoms. The molecule has 0 saturated carbocycles. The monoisotopic (exact) mass is 1880 g/mol. The highest BCUT2D eigenvalue weighted by Crippen LogP contribution is 2.68. The second-order valence-corrected chi connectivity index (χ2v) is 38.3. The lowest BCUT2D eigenvalue weighted by Crippen LogP contribution is -2.26. The standard InChI is InChI=1S/2C39H40N7O15P3/c1-44(2)24-8-12-28-31(17-24)59-32-18-25(45(3)4)9-13-29(32)35(28)30-16-22(7-11-27(30)39(48)49)38(47)41-15-5-6-23-19-46(37-34(23)36(40)42-21-43-37)33-14-10-26(58-33)20-57-63(53,54)61-64(55,56)60-62(50,51)52;1-44(2)24-8-12-28-31(17-24)59-32-18-25(45(3)4)9-13-29(32)35(28)27-11-7-22(16-30(27)39(48)49)38(47)41-15-5-6-23-19-46(37-34(23)36(40)42-21-43-37)33-14-10-26(58-33)20-57-63(53,54)61-64(55,56)60-62(50,51)52/h2*7-9,11-13,16-19,21,26,33H,10,14-15,20H2,1-4H3,(H7-,40,41,42,43,47,48,49,50,51,52,53,54,55,56)/t2*26-,33+/m00/s1. The summed E-state index contributed by atoms with van der Waals surface area (Å²) >= 11 is 0. The van der Waals surface area contributed by atoms with Gasteiger partial charge >= 0.3 is 46.9 Å². The highest BCUT2D eigenvalue weighted by atomic mass is 31.3. The maximum atomic E-state index is 13.7. The lowest BCUT2D eigenvalue weighted by Gasteiger charge is -2.20. The number of carboxylic acids is 2. The van der Waals surface area contributed by atoms with Crippen LogP contribution in [0.15, 0.2) is 143 Å². The fourth-order valence-corrected chi connectivity index (χ4v) is 20.2. The van der Waals surface area contributed by atoms with Crippen LogP contribution >= 0.6 is 46.9 Å². The number of aromatic nitrogens is 6. The number of nitrogens with one attached hydrogen (secondary N) is 2. The first-order valence-corrected chi connectivity index (χ1v) is 47.0. The summed E-state index contributed by atoms with van der Waals surface area (Å²) in [6.07, 6.45) is 3.55. The topological polar surface area (TPSA) is 629 Å². The van der Waals surface area contributed by atoms with Gasteiger partial charge in [-0.25, -0.2) is 56.5 Å². The van der Waals surface area contributed by atoms with Crippen LogP contribution in [0.4, 0.5) is 23.0 Å². The number of carbonyl (C=O) groups excluding carboxylic acids is 4. The molecule has 2 aliphatic carbocycles. The third kappa shape index (κ3) is 22.0. The van der Waals surface area contributed by atoms with Gasteiger partial charge in [-0.1, -0.05) is 35.8 Å². The molecule has 672 valence electrons. The summed E-state index contributed by atoms with van der Waals surface area (Å²) in [5, 5.41) is 34.5. The van der Waals surface area contributed by atoms with E-state index < -0.39 is 109 Å². The van der Waals surface area contributed by atoms with Crippen LogP contribution in [0.3, 0.4) is 0 Å². The maximum absolute atomic E-state index is 13.7. The van der Waals surface area contributed by atoms with E-state index in [4.69, 9.17) is 58.4 Å². The Bertz CT molecular complexity index is 7010. The van der Waals surface area contributed by atoms with Crippen LogP contribution in [-0.2, 0) is 63.2 Å². The quantitative estimate of drug-likeness (QED) is 0.0136. The van der Waals surface area contributed by atoms with Gasteiger partial charge in [0.15, 0.2) is 0 Å². The van der Waals surface area contributed by atoms with Crippen molar-refractivity contribution in [1.29, 1.82) is 0 Å². The molecular weight excluding hydrogens is 1800 g/mol. The van der Waals surface area contributed by atoms with Crippen molar-refractivity contribution < 1.29 is 141 Å². The van der Waals surface area contributed by atoms with Gasteiger partial charge in [-0.2, -0.15) is 17.2 Å². The number of nitrogen functional groups attached to an aromatic ring is 2. The number of phosphoric acid groups is 6. The summed E-state index contributed by atoms with van der Waals surface area (Å²) in [6, 6.07) is 30.9. The van der Waals surface area contributed by atoms with E-state index in [1.54, 1.807) is 27.6 Å². The van der Waals surface area contributed by atoms with Gasteiger partial charge in [0, 0.05) is 132 Å². The van der Waals surface area contributed by atoms with E-state index >= 15 is 0 Å². The minimum atomic E-state index is -5.70. The van der Waals surface area contributed by atoms with Gasteiger partial charge < -0.3 is 118 Å². The Kier molecular flexibility index (Phi) is 27.7. The van der Waals surface area contributed by atoms with Crippen molar-refractivity contribution >= 4 is 138 Å². The highest BCUT2D eigenvalue weighted by molar-refractivity contribution is 7.67. The molecule has 4 aromatic heterocycles. The zero-order valence-electron chi connectivity index (χ0n) is 68.5. The van der Waals surface area contributed by atoms with Crippen molar-refractivity contribution in [2.75, 3.05) is 104 Å². The lowest BCUT2D eigenvalue weighted by molar-refractivity contribution is -0.256. The first-order chi connectivity index (χ1) is 60.2. The average Bonchev–Trinajstić information content (AvgIpc) is 1.14. The van der Waals surface area contributed by atoms with Gasteiger partial charge in [-0.05, 0) is 97.5 Å². The minimum Gasteiger partial charge on any atom is -0.545 e. The van der Waals surface area contributed by atoms with E-state index in [0.29, 0.717) is 107 Å². The molecule has 0 radical (unpaired) electrons. The van der Waals surface area contributed by atoms with Crippen molar-refractivity contribution in [2.24, 2.45) is 0 Å². The van der Waals surface area contributed by atoms with Crippen molar-refractivity contribution in [3.63, 3.8) is 0 Å². The summed E-state index contributed by atoms with van der Waals surface area (Å²) < 4.78 is 126. The van der Waals surface area contributed by atoms with Crippen LogP contribution in [0.5, 0.6) is 0 Å². The molecule has 0 spiro atoms. The van der Waals surface area contributed by atoms with Crippen molar-refractivity contribution in [2.45, 2.75) is 50.3 Å². The normalized spacial score (nSPS) is 17.1. The van der Waals surface area contributed by atoms with Crippen LogP contribution in [0.1, 0.15) is 90.7 Å². The van der Waals surface area contributed by atoms with Crippen LogP contribution in [0.2, 0.25) is 0 Å².